The van der Waals surface area contributed by atoms with Gasteiger partial charge in [0.2, 0.25) is 0 Å². The van der Waals surface area contributed by atoms with E-state index in [1.54, 1.807) is 18.2 Å². The molecule has 1 aromatic carbocycles. The lowest BCUT2D eigenvalue weighted by atomic mass is 10.2. The molecule has 0 bridgehead atoms. The second-order valence-corrected chi connectivity index (χ2v) is 4.20. The lowest BCUT2D eigenvalue weighted by molar-refractivity contribution is 0.302. The van der Waals surface area contributed by atoms with Crippen LogP contribution in [0.4, 0.5) is 5.69 Å². The van der Waals surface area contributed by atoms with Crippen molar-refractivity contribution in [3.63, 3.8) is 0 Å². The Morgan fingerprint density at radius 1 is 1.57 bits per heavy atom. The van der Waals surface area contributed by atoms with Gasteiger partial charge in [-0.25, -0.2) is 8.93 Å². The fourth-order valence-electron chi connectivity index (χ4n) is 0.985. The van der Waals surface area contributed by atoms with E-state index >= 15 is 0 Å². The van der Waals surface area contributed by atoms with Crippen molar-refractivity contribution in [1.29, 1.82) is 0 Å². The van der Waals surface area contributed by atoms with E-state index in [1.165, 1.54) is 0 Å². The van der Waals surface area contributed by atoms with Crippen LogP contribution in [0.1, 0.15) is 5.56 Å². The van der Waals surface area contributed by atoms with Gasteiger partial charge < -0.3 is 10.8 Å². The van der Waals surface area contributed by atoms with Crippen molar-refractivity contribution in [2.24, 2.45) is 0 Å². The number of nitrogens with two attached hydrogens (primary N) is 1. The maximum atomic E-state index is 11.5. The first-order valence-corrected chi connectivity index (χ1v) is 5.42. The third-order valence-corrected chi connectivity index (χ3v) is 2.95. The van der Waals surface area contributed by atoms with Crippen molar-refractivity contribution in [1.82, 2.24) is 4.72 Å². The molecule has 1 atom stereocenters. The smallest absolute Gasteiger partial charge is 0.124 e. The second kappa shape index (κ2) is 5.09. The molecular formula is C9H14N2O2S. The average molecular weight is 214 g/mol. The number of aryl methyl sites for hydroxylation is 1. The van der Waals surface area contributed by atoms with Gasteiger partial charge in [-0.1, -0.05) is 0 Å². The van der Waals surface area contributed by atoms with Crippen molar-refractivity contribution in [2.45, 2.75) is 11.8 Å². The molecule has 4 nitrogen and oxygen atoms in total. The number of nitrogen functional groups attached to an aromatic ring is 1. The molecule has 0 heterocycles. The van der Waals surface area contributed by atoms with Crippen molar-refractivity contribution in [3.8, 4) is 0 Å². The number of aliphatic hydroxyl groups excluding tert-OH is 1. The number of nitrogens with one attached hydrogen (secondary N) is 1. The van der Waals surface area contributed by atoms with Gasteiger partial charge in [-0.3, -0.25) is 0 Å². The largest absolute Gasteiger partial charge is 0.399 e. The number of benzene rings is 1. The van der Waals surface area contributed by atoms with Gasteiger partial charge in [0.25, 0.3) is 0 Å². The lowest BCUT2D eigenvalue weighted by Gasteiger charge is -2.05. The van der Waals surface area contributed by atoms with E-state index in [0.29, 0.717) is 17.1 Å². The van der Waals surface area contributed by atoms with E-state index in [0.717, 1.165) is 5.56 Å². The first-order valence-electron chi connectivity index (χ1n) is 4.27. The van der Waals surface area contributed by atoms with Gasteiger partial charge in [0, 0.05) is 12.2 Å². The normalized spacial score (nSPS) is 12.7. The monoisotopic (exact) mass is 214 g/mol. The first kappa shape index (κ1) is 11.2. The molecule has 78 valence electrons. The Morgan fingerprint density at radius 2 is 2.29 bits per heavy atom. The van der Waals surface area contributed by atoms with Crippen LogP contribution in [0.5, 0.6) is 0 Å². The fourth-order valence-corrected chi connectivity index (χ4v) is 1.90. The van der Waals surface area contributed by atoms with Crippen molar-refractivity contribution < 1.29 is 9.32 Å². The minimum Gasteiger partial charge on any atom is -0.399 e. The van der Waals surface area contributed by atoms with E-state index < -0.39 is 11.0 Å². The second-order valence-electron chi connectivity index (χ2n) is 2.91. The Morgan fingerprint density at radius 3 is 2.86 bits per heavy atom. The highest BCUT2D eigenvalue weighted by Gasteiger charge is 2.03. The van der Waals surface area contributed by atoms with Crippen LogP contribution in [0.2, 0.25) is 0 Å². The number of rotatable bonds is 4. The van der Waals surface area contributed by atoms with Gasteiger partial charge in [0.05, 0.1) is 11.5 Å². The molecule has 0 aliphatic heterocycles. The van der Waals surface area contributed by atoms with Gasteiger partial charge >= 0.3 is 0 Å². The van der Waals surface area contributed by atoms with E-state index in [1.807, 2.05) is 6.92 Å². The summed E-state index contributed by atoms with van der Waals surface area (Å²) >= 11 is 0. The van der Waals surface area contributed by atoms with E-state index in [9.17, 15) is 4.21 Å². The zero-order chi connectivity index (χ0) is 10.6. The summed E-state index contributed by atoms with van der Waals surface area (Å²) in [5.74, 6) is 0. The summed E-state index contributed by atoms with van der Waals surface area (Å²) in [5.41, 5.74) is 7.22. The summed E-state index contributed by atoms with van der Waals surface area (Å²) in [7, 11) is -1.27. The Labute approximate surface area is 85.7 Å². The zero-order valence-corrected chi connectivity index (χ0v) is 8.80. The Bertz CT molecular complexity index is 342. The minimum absolute atomic E-state index is 0.0281. The third-order valence-electron chi connectivity index (χ3n) is 1.80. The topological polar surface area (TPSA) is 75.3 Å². The number of anilines is 1. The molecule has 0 aliphatic carbocycles. The predicted molar refractivity (Wildman–Crippen MR) is 57.1 cm³/mol. The molecule has 1 aromatic rings. The van der Waals surface area contributed by atoms with Crippen LogP contribution in [0.3, 0.4) is 0 Å². The average Bonchev–Trinajstić information content (AvgIpc) is 2.18. The van der Waals surface area contributed by atoms with Crippen LogP contribution < -0.4 is 10.5 Å². The maximum absolute atomic E-state index is 11.5. The standard InChI is InChI=1S/C9H14N2O2S/c1-7-6-8(2-3-9(7)10)14(13)11-4-5-12/h2-3,6,11-12H,4-5,10H2,1H3. The molecule has 0 saturated heterocycles. The molecule has 0 fully saturated rings. The Kier molecular flexibility index (Phi) is 4.06. The lowest BCUT2D eigenvalue weighted by Crippen LogP contribution is -2.21. The summed E-state index contributed by atoms with van der Waals surface area (Å²) in [4.78, 5) is 0.671. The van der Waals surface area contributed by atoms with Crippen LogP contribution in [-0.4, -0.2) is 22.5 Å². The Balaban J connectivity index is 2.76. The van der Waals surface area contributed by atoms with Gasteiger partial charge in [-0.05, 0) is 30.7 Å². The van der Waals surface area contributed by atoms with Crippen LogP contribution >= 0.6 is 0 Å². The summed E-state index contributed by atoms with van der Waals surface area (Å²) in [5, 5.41) is 8.54. The molecule has 1 rings (SSSR count). The molecule has 0 aromatic heterocycles. The van der Waals surface area contributed by atoms with E-state index in [4.69, 9.17) is 10.8 Å². The molecule has 0 amide bonds. The van der Waals surface area contributed by atoms with E-state index in [2.05, 4.69) is 4.72 Å². The molecule has 0 radical (unpaired) electrons. The summed E-state index contributed by atoms with van der Waals surface area (Å²) in [6, 6.07) is 5.21. The van der Waals surface area contributed by atoms with Gasteiger partial charge in [0.15, 0.2) is 0 Å². The van der Waals surface area contributed by atoms with Crippen LogP contribution in [0.25, 0.3) is 0 Å². The molecule has 4 N–H and O–H groups in total. The Hall–Kier alpha value is -0.910. The molecular weight excluding hydrogens is 200 g/mol. The number of aliphatic hydroxyl groups is 1. The van der Waals surface area contributed by atoms with Crippen molar-refractivity contribution in [2.75, 3.05) is 18.9 Å². The molecule has 0 aliphatic rings. The summed E-state index contributed by atoms with van der Waals surface area (Å²) in [6.07, 6.45) is 0. The first-order chi connectivity index (χ1) is 6.65. The van der Waals surface area contributed by atoms with Crippen LogP contribution in [0.15, 0.2) is 23.1 Å². The zero-order valence-electron chi connectivity index (χ0n) is 7.99. The molecule has 5 heteroatoms. The fraction of sp³-hybridized carbons (Fsp3) is 0.333. The molecule has 1 unspecified atom stereocenters. The highest BCUT2D eigenvalue weighted by molar-refractivity contribution is 7.83. The van der Waals surface area contributed by atoms with Gasteiger partial charge in [0.1, 0.15) is 11.0 Å². The third kappa shape index (κ3) is 2.80. The molecule has 0 saturated carbocycles. The summed E-state index contributed by atoms with van der Waals surface area (Å²) < 4.78 is 14.2. The highest BCUT2D eigenvalue weighted by Crippen LogP contribution is 2.14. The quantitative estimate of drug-likeness (QED) is 0.626. The molecule has 0 spiro atoms. The van der Waals surface area contributed by atoms with Gasteiger partial charge in [-0.2, -0.15) is 0 Å². The predicted octanol–water partition coefficient (Wildman–Crippen LogP) is 0.182. The van der Waals surface area contributed by atoms with Crippen molar-refractivity contribution in [3.05, 3.63) is 23.8 Å². The van der Waals surface area contributed by atoms with E-state index in [-0.39, 0.29) is 6.61 Å². The van der Waals surface area contributed by atoms with Crippen LogP contribution in [-0.2, 0) is 11.0 Å². The summed E-state index contributed by atoms with van der Waals surface area (Å²) in [6.45, 7) is 2.15. The SMILES string of the molecule is Cc1cc(S(=O)NCCO)ccc1N. The highest BCUT2D eigenvalue weighted by atomic mass is 32.2. The minimum atomic E-state index is -1.27. The molecule has 14 heavy (non-hydrogen) atoms. The van der Waals surface area contributed by atoms with Crippen LogP contribution in [0, 0.1) is 6.92 Å². The number of hydrogen-bond acceptors (Lipinski definition) is 3. The van der Waals surface area contributed by atoms with Crippen molar-refractivity contribution >= 4 is 16.7 Å². The maximum Gasteiger partial charge on any atom is 0.124 e. The number of hydrogen-bond donors (Lipinski definition) is 3. The van der Waals surface area contributed by atoms with Gasteiger partial charge in [-0.15, -0.1) is 0 Å².